The van der Waals surface area contributed by atoms with Gasteiger partial charge in [0, 0.05) is 10.6 Å². The minimum atomic E-state index is -0.244. The van der Waals surface area contributed by atoms with Crippen molar-refractivity contribution < 1.29 is 9.18 Å². The van der Waals surface area contributed by atoms with Crippen molar-refractivity contribution >= 4 is 34.1 Å². The van der Waals surface area contributed by atoms with Crippen molar-refractivity contribution in [3.63, 3.8) is 0 Å². The smallest absolute Gasteiger partial charge is 0.236 e. The molecule has 0 atom stereocenters. The predicted molar refractivity (Wildman–Crippen MR) is 82.8 cm³/mol. The van der Waals surface area contributed by atoms with E-state index in [-0.39, 0.29) is 11.7 Å². The molecule has 106 valence electrons. The first kappa shape index (κ1) is 15.0. The zero-order valence-electron chi connectivity index (χ0n) is 11.3. The molecular formula is C14H15FN2OS2. The van der Waals surface area contributed by atoms with Gasteiger partial charge >= 0.3 is 0 Å². The number of anilines is 1. The molecule has 1 heterocycles. The molecule has 0 aliphatic carbocycles. The van der Waals surface area contributed by atoms with Gasteiger partial charge in [0.2, 0.25) is 5.91 Å². The quantitative estimate of drug-likeness (QED) is 0.914. The van der Waals surface area contributed by atoms with Gasteiger partial charge in [-0.1, -0.05) is 12.1 Å². The molecule has 0 fully saturated rings. The summed E-state index contributed by atoms with van der Waals surface area (Å²) in [5.74, 6) is 0.732. The summed E-state index contributed by atoms with van der Waals surface area (Å²) in [4.78, 5) is 17.1. The molecule has 0 bridgehead atoms. The van der Waals surface area contributed by atoms with Crippen LogP contribution in [0.15, 0.2) is 24.3 Å². The second-order valence-corrected chi connectivity index (χ2v) is 6.52. The first-order valence-corrected chi connectivity index (χ1v) is 8.08. The lowest BCUT2D eigenvalue weighted by molar-refractivity contribution is -0.113. The maximum atomic E-state index is 12.7. The molecule has 0 radical (unpaired) electrons. The average molecular weight is 310 g/mol. The number of aromatic nitrogens is 1. The third-order valence-electron chi connectivity index (χ3n) is 2.69. The fourth-order valence-corrected chi connectivity index (χ4v) is 3.14. The second-order valence-electron chi connectivity index (χ2n) is 4.33. The van der Waals surface area contributed by atoms with E-state index in [0.717, 1.165) is 16.1 Å². The maximum absolute atomic E-state index is 12.7. The lowest BCUT2D eigenvalue weighted by atomic mass is 10.2. The van der Waals surface area contributed by atoms with E-state index in [1.807, 2.05) is 13.8 Å². The summed E-state index contributed by atoms with van der Waals surface area (Å²) < 4.78 is 12.7. The largest absolute Gasteiger partial charge is 0.301 e. The number of hydrogen-bond acceptors (Lipinski definition) is 4. The van der Waals surface area contributed by atoms with Gasteiger partial charge in [0.25, 0.3) is 0 Å². The van der Waals surface area contributed by atoms with Crippen LogP contribution in [0.1, 0.15) is 16.1 Å². The Morgan fingerprint density at radius 2 is 2.05 bits per heavy atom. The summed E-state index contributed by atoms with van der Waals surface area (Å²) in [6, 6.07) is 6.32. The number of rotatable bonds is 5. The van der Waals surface area contributed by atoms with Crippen molar-refractivity contribution in [1.29, 1.82) is 0 Å². The highest BCUT2D eigenvalue weighted by Gasteiger charge is 2.08. The molecule has 0 saturated carbocycles. The Morgan fingerprint density at radius 3 is 2.65 bits per heavy atom. The first-order chi connectivity index (χ1) is 9.54. The molecule has 1 N–H and O–H groups in total. The van der Waals surface area contributed by atoms with Crippen molar-refractivity contribution in [3.8, 4) is 0 Å². The predicted octanol–water partition coefficient (Wildman–Crippen LogP) is 3.77. The Kier molecular flexibility index (Phi) is 5.14. The SMILES string of the molecule is Cc1nc(NC(=O)CSCc2ccc(F)cc2)sc1C. The van der Waals surface area contributed by atoms with Gasteiger partial charge in [-0.25, -0.2) is 9.37 Å². The number of hydrogen-bond donors (Lipinski definition) is 1. The monoisotopic (exact) mass is 310 g/mol. The van der Waals surface area contributed by atoms with E-state index in [1.165, 1.54) is 35.2 Å². The molecule has 2 aromatic rings. The zero-order chi connectivity index (χ0) is 14.5. The van der Waals surface area contributed by atoms with Gasteiger partial charge in [0.1, 0.15) is 5.82 Å². The van der Waals surface area contributed by atoms with Gasteiger partial charge in [0.15, 0.2) is 5.13 Å². The molecular weight excluding hydrogens is 295 g/mol. The number of nitrogens with one attached hydrogen (secondary N) is 1. The van der Waals surface area contributed by atoms with E-state index in [4.69, 9.17) is 0 Å². The van der Waals surface area contributed by atoms with Gasteiger partial charge in [-0.2, -0.15) is 0 Å². The van der Waals surface area contributed by atoms with Crippen LogP contribution in [0.5, 0.6) is 0 Å². The molecule has 0 unspecified atom stereocenters. The summed E-state index contributed by atoms with van der Waals surface area (Å²) in [6.45, 7) is 3.90. The molecule has 0 saturated heterocycles. The molecule has 0 aliphatic rings. The van der Waals surface area contributed by atoms with Crippen molar-refractivity contribution in [1.82, 2.24) is 4.98 Å². The molecule has 6 heteroatoms. The van der Waals surface area contributed by atoms with Gasteiger partial charge < -0.3 is 5.32 Å². The number of halogens is 1. The van der Waals surface area contributed by atoms with E-state index in [9.17, 15) is 9.18 Å². The number of thioether (sulfide) groups is 1. The molecule has 20 heavy (non-hydrogen) atoms. The van der Waals surface area contributed by atoms with Crippen molar-refractivity contribution in [2.75, 3.05) is 11.1 Å². The fraction of sp³-hybridized carbons (Fsp3) is 0.286. The summed E-state index contributed by atoms with van der Waals surface area (Å²) in [7, 11) is 0. The van der Waals surface area contributed by atoms with Crippen LogP contribution in [-0.4, -0.2) is 16.6 Å². The molecule has 1 amide bonds. The van der Waals surface area contributed by atoms with Gasteiger partial charge in [-0.15, -0.1) is 23.1 Å². The van der Waals surface area contributed by atoms with Gasteiger partial charge in [0.05, 0.1) is 11.4 Å². The number of thiazole rings is 1. The van der Waals surface area contributed by atoms with Gasteiger partial charge in [-0.05, 0) is 31.5 Å². The fourth-order valence-electron chi connectivity index (χ4n) is 1.52. The standard InChI is InChI=1S/C14H15FN2OS2/c1-9-10(2)20-14(16-9)17-13(18)8-19-7-11-3-5-12(15)6-4-11/h3-6H,7-8H2,1-2H3,(H,16,17,18). The average Bonchev–Trinajstić information content (AvgIpc) is 2.70. The highest BCUT2D eigenvalue weighted by molar-refractivity contribution is 7.99. The number of carbonyl (C=O) groups is 1. The Hall–Kier alpha value is -1.40. The number of carbonyl (C=O) groups excluding carboxylic acids is 1. The van der Waals surface area contributed by atoms with Crippen LogP contribution in [0, 0.1) is 19.7 Å². The summed E-state index contributed by atoms with van der Waals surface area (Å²) >= 11 is 2.97. The number of aryl methyl sites for hydroxylation is 2. The van der Waals surface area contributed by atoms with Crippen molar-refractivity contribution in [3.05, 3.63) is 46.2 Å². The van der Waals surface area contributed by atoms with E-state index in [2.05, 4.69) is 10.3 Å². The van der Waals surface area contributed by atoms with Crippen LogP contribution < -0.4 is 5.32 Å². The molecule has 2 rings (SSSR count). The highest BCUT2D eigenvalue weighted by Crippen LogP contribution is 2.21. The van der Waals surface area contributed by atoms with E-state index in [0.29, 0.717) is 16.6 Å². The molecule has 3 nitrogen and oxygen atoms in total. The van der Waals surface area contributed by atoms with Gasteiger partial charge in [-0.3, -0.25) is 4.79 Å². The van der Waals surface area contributed by atoms with Crippen LogP contribution in [0.4, 0.5) is 9.52 Å². The van der Waals surface area contributed by atoms with E-state index < -0.39 is 0 Å². The van der Waals surface area contributed by atoms with Crippen LogP contribution in [-0.2, 0) is 10.5 Å². The Balaban J connectivity index is 1.76. The van der Waals surface area contributed by atoms with Crippen LogP contribution in [0.2, 0.25) is 0 Å². The Bertz CT molecular complexity index is 576. The second kappa shape index (κ2) is 6.85. The third kappa shape index (κ3) is 4.31. The maximum Gasteiger partial charge on any atom is 0.236 e. The minimum Gasteiger partial charge on any atom is -0.301 e. The Morgan fingerprint density at radius 1 is 1.35 bits per heavy atom. The van der Waals surface area contributed by atoms with Crippen molar-refractivity contribution in [2.45, 2.75) is 19.6 Å². The number of benzene rings is 1. The molecule has 0 aliphatic heterocycles. The first-order valence-electron chi connectivity index (χ1n) is 6.10. The Labute approximate surface area is 125 Å². The summed E-state index contributed by atoms with van der Waals surface area (Å²) in [6.07, 6.45) is 0. The normalized spacial score (nSPS) is 10.6. The van der Waals surface area contributed by atoms with E-state index >= 15 is 0 Å². The molecule has 0 spiro atoms. The molecule has 1 aromatic carbocycles. The number of amides is 1. The van der Waals surface area contributed by atoms with Crippen LogP contribution in [0.25, 0.3) is 0 Å². The zero-order valence-corrected chi connectivity index (χ0v) is 12.9. The van der Waals surface area contributed by atoms with Crippen molar-refractivity contribution in [2.24, 2.45) is 0 Å². The number of nitrogens with zero attached hydrogens (tertiary/aromatic N) is 1. The van der Waals surface area contributed by atoms with E-state index in [1.54, 1.807) is 12.1 Å². The topological polar surface area (TPSA) is 42.0 Å². The lowest BCUT2D eigenvalue weighted by Crippen LogP contribution is -2.13. The highest BCUT2D eigenvalue weighted by atomic mass is 32.2. The van der Waals surface area contributed by atoms with Crippen LogP contribution >= 0.6 is 23.1 Å². The third-order valence-corrected chi connectivity index (χ3v) is 4.68. The molecule has 1 aromatic heterocycles. The van der Waals surface area contributed by atoms with Crippen LogP contribution in [0.3, 0.4) is 0 Å². The lowest BCUT2D eigenvalue weighted by Gasteiger charge is -2.02. The minimum absolute atomic E-state index is 0.0640. The summed E-state index contributed by atoms with van der Waals surface area (Å²) in [5, 5.41) is 3.43. The summed E-state index contributed by atoms with van der Waals surface area (Å²) in [5.41, 5.74) is 1.95.